The summed E-state index contributed by atoms with van der Waals surface area (Å²) >= 11 is 0. The zero-order chi connectivity index (χ0) is 17.1. The van der Waals surface area contributed by atoms with E-state index in [0.717, 1.165) is 30.9 Å². The summed E-state index contributed by atoms with van der Waals surface area (Å²) in [5, 5.41) is 2.61. The normalized spacial score (nSPS) is 14.6. The van der Waals surface area contributed by atoms with Crippen molar-refractivity contribution in [3.05, 3.63) is 59.7 Å². The first-order chi connectivity index (χ1) is 11.5. The molecule has 0 radical (unpaired) electrons. The minimum absolute atomic E-state index is 0.250. The largest absolute Gasteiger partial charge is 0.368 e. The molecule has 1 saturated heterocycles. The number of nitrogens with one attached hydrogen (secondary N) is 1. The van der Waals surface area contributed by atoms with Crippen molar-refractivity contribution in [3.8, 4) is 0 Å². The molecule has 6 heteroatoms. The fourth-order valence-corrected chi connectivity index (χ4v) is 2.77. The van der Waals surface area contributed by atoms with Gasteiger partial charge in [0.1, 0.15) is 0 Å². The summed E-state index contributed by atoms with van der Waals surface area (Å²) in [6.07, 6.45) is 0. The molecule has 0 saturated carbocycles. The molecule has 0 unspecified atom stereocenters. The van der Waals surface area contributed by atoms with E-state index in [1.54, 1.807) is 4.90 Å². The number of amides is 2. The van der Waals surface area contributed by atoms with Gasteiger partial charge in [-0.2, -0.15) is 0 Å². The molecule has 0 atom stereocenters. The van der Waals surface area contributed by atoms with Crippen molar-refractivity contribution in [3.63, 3.8) is 0 Å². The molecular formula is C18H19F2N3O. The van der Waals surface area contributed by atoms with Crippen molar-refractivity contribution in [2.24, 2.45) is 0 Å². The lowest BCUT2D eigenvalue weighted by molar-refractivity contribution is 0.208. The van der Waals surface area contributed by atoms with Crippen LogP contribution in [0.15, 0.2) is 42.5 Å². The number of halogens is 2. The first-order valence-corrected chi connectivity index (χ1v) is 7.85. The van der Waals surface area contributed by atoms with Crippen LogP contribution < -0.4 is 10.2 Å². The van der Waals surface area contributed by atoms with E-state index in [9.17, 15) is 13.6 Å². The van der Waals surface area contributed by atoms with Gasteiger partial charge in [0, 0.05) is 43.6 Å². The zero-order valence-electron chi connectivity index (χ0n) is 13.4. The van der Waals surface area contributed by atoms with Crippen molar-refractivity contribution < 1.29 is 13.6 Å². The highest BCUT2D eigenvalue weighted by atomic mass is 19.2. The van der Waals surface area contributed by atoms with Crippen LogP contribution in [0.1, 0.15) is 5.56 Å². The summed E-state index contributed by atoms with van der Waals surface area (Å²) in [6, 6.07) is 11.3. The minimum Gasteiger partial charge on any atom is -0.368 e. The molecule has 0 spiro atoms. The third-order valence-electron chi connectivity index (χ3n) is 4.10. The van der Waals surface area contributed by atoms with Crippen LogP contribution in [-0.2, 0) is 0 Å². The Balaban J connectivity index is 1.58. The van der Waals surface area contributed by atoms with Crippen LogP contribution >= 0.6 is 0 Å². The van der Waals surface area contributed by atoms with Crippen molar-refractivity contribution >= 4 is 17.4 Å². The minimum atomic E-state index is -0.975. The van der Waals surface area contributed by atoms with Gasteiger partial charge in [-0.3, -0.25) is 0 Å². The maximum absolute atomic E-state index is 13.2. The van der Waals surface area contributed by atoms with Gasteiger partial charge in [0.2, 0.25) is 0 Å². The molecule has 1 N–H and O–H groups in total. The fraction of sp³-hybridized carbons (Fsp3) is 0.278. The molecule has 3 rings (SSSR count). The number of aryl methyl sites for hydroxylation is 1. The summed E-state index contributed by atoms with van der Waals surface area (Å²) in [7, 11) is 0. The van der Waals surface area contributed by atoms with Crippen LogP contribution in [0.3, 0.4) is 0 Å². The number of hydrogen-bond donors (Lipinski definition) is 1. The lowest BCUT2D eigenvalue weighted by Crippen LogP contribution is -2.50. The van der Waals surface area contributed by atoms with E-state index >= 15 is 0 Å². The average Bonchev–Trinajstić information content (AvgIpc) is 2.58. The number of carbonyl (C=O) groups is 1. The van der Waals surface area contributed by atoms with Gasteiger partial charge in [-0.15, -0.1) is 0 Å². The summed E-state index contributed by atoms with van der Waals surface area (Å²) in [5.74, 6) is -1.91. The summed E-state index contributed by atoms with van der Waals surface area (Å²) < 4.78 is 26.1. The number of anilines is 2. The topological polar surface area (TPSA) is 35.6 Å². The second-order valence-electron chi connectivity index (χ2n) is 5.87. The van der Waals surface area contributed by atoms with E-state index in [0.29, 0.717) is 13.1 Å². The van der Waals surface area contributed by atoms with Crippen LogP contribution in [0.2, 0.25) is 0 Å². The molecule has 126 valence electrons. The van der Waals surface area contributed by atoms with Crippen molar-refractivity contribution in [1.29, 1.82) is 0 Å². The smallest absolute Gasteiger partial charge is 0.321 e. The first kappa shape index (κ1) is 16.2. The number of carbonyl (C=O) groups excluding carboxylic acids is 1. The van der Waals surface area contributed by atoms with Gasteiger partial charge in [-0.1, -0.05) is 12.1 Å². The lowest BCUT2D eigenvalue weighted by atomic mass is 10.2. The van der Waals surface area contributed by atoms with Crippen molar-refractivity contribution in [2.45, 2.75) is 6.92 Å². The van der Waals surface area contributed by atoms with Crippen molar-refractivity contribution in [1.82, 2.24) is 4.90 Å². The molecular weight excluding hydrogens is 312 g/mol. The molecule has 1 aliphatic rings. The Bertz CT molecular complexity index is 743. The molecule has 4 nitrogen and oxygen atoms in total. The number of hydrogen-bond acceptors (Lipinski definition) is 2. The average molecular weight is 331 g/mol. The Labute approximate surface area is 139 Å². The Morgan fingerprint density at radius 3 is 2.42 bits per heavy atom. The quantitative estimate of drug-likeness (QED) is 0.912. The highest BCUT2D eigenvalue weighted by Gasteiger charge is 2.21. The van der Waals surface area contributed by atoms with Crippen LogP contribution in [0.4, 0.5) is 25.0 Å². The summed E-state index contributed by atoms with van der Waals surface area (Å²) in [5.41, 5.74) is 2.60. The number of rotatable bonds is 2. The highest BCUT2D eigenvalue weighted by molar-refractivity contribution is 5.89. The predicted molar refractivity (Wildman–Crippen MR) is 90.3 cm³/mol. The monoisotopic (exact) mass is 331 g/mol. The van der Waals surface area contributed by atoms with Gasteiger partial charge in [-0.05, 0) is 36.8 Å². The van der Waals surface area contributed by atoms with Gasteiger partial charge in [0.05, 0.1) is 0 Å². The highest BCUT2D eigenvalue weighted by Crippen LogP contribution is 2.19. The summed E-state index contributed by atoms with van der Waals surface area (Å²) in [6.45, 7) is 4.66. The molecule has 1 fully saturated rings. The summed E-state index contributed by atoms with van der Waals surface area (Å²) in [4.78, 5) is 16.1. The molecule has 2 aromatic carbocycles. The van der Waals surface area contributed by atoms with Crippen LogP contribution in [0, 0.1) is 18.6 Å². The third kappa shape index (κ3) is 3.64. The molecule has 2 aromatic rings. The van der Waals surface area contributed by atoms with E-state index in [-0.39, 0.29) is 11.7 Å². The molecule has 1 heterocycles. The van der Waals surface area contributed by atoms with Gasteiger partial charge < -0.3 is 15.1 Å². The second kappa shape index (κ2) is 6.86. The molecule has 2 amide bonds. The van der Waals surface area contributed by atoms with E-state index in [1.807, 2.05) is 6.07 Å². The van der Waals surface area contributed by atoms with E-state index in [1.165, 1.54) is 11.6 Å². The van der Waals surface area contributed by atoms with Crippen LogP contribution in [-0.4, -0.2) is 37.1 Å². The van der Waals surface area contributed by atoms with E-state index in [4.69, 9.17) is 0 Å². The van der Waals surface area contributed by atoms with Gasteiger partial charge in [-0.25, -0.2) is 13.6 Å². The first-order valence-electron chi connectivity index (χ1n) is 7.85. The second-order valence-corrected chi connectivity index (χ2v) is 5.87. The Morgan fingerprint density at radius 2 is 1.75 bits per heavy atom. The van der Waals surface area contributed by atoms with Crippen molar-refractivity contribution in [2.75, 3.05) is 36.4 Å². The molecule has 0 bridgehead atoms. The predicted octanol–water partition coefficient (Wildman–Crippen LogP) is 3.63. The standard InChI is InChI=1S/C18H19F2N3O/c1-13-3-2-4-15(11-13)22-7-9-23(10-8-22)18(24)21-14-5-6-16(19)17(20)12-14/h2-6,11-12H,7-10H2,1H3,(H,21,24). The maximum atomic E-state index is 13.2. The molecule has 24 heavy (non-hydrogen) atoms. The fourth-order valence-electron chi connectivity index (χ4n) is 2.77. The van der Waals surface area contributed by atoms with E-state index in [2.05, 4.69) is 35.3 Å². The molecule has 0 aliphatic carbocycles. The third-order valence-corrected chi connectivity index (χ3v) is 4.10. The van der Waals surface area contributed by atoms with E-state index < -0.39 is 11.6 Å². The maximum Gasteiger partial charge on any atom is 0.321 e. The SMILES string of the molecule is Cc1cccc(N2CCN(C(=O)Nc3ccc(F)c(F)c3)CC2)c1. The molecule has 1 aliphatic heterocycles. The Morgan fingerprint density at radius 1 is 1.00 bits per heavy atom. The zero-order valence-corrected chi connectivity index (χ0v) is 13.4. The number of benzene rings is 2. The Kier molecular flexibility index (Phi) is 4.64. The van der Waals surface area contributed by atoms with Gasteiger partial charge in [0.15, 0.2) is 11.6 Å². The number of urea groups is 1. The van der Waals surface area contributed by atoms with Gasteiger partial charge >= 0.3 is 6.03 Å². The van der Waals surface area contributed by atoms with Gasteiger partial charge in [0.25, 0.3) is 0 Å². The molecule has 0 aromatic heterocycles. The lowest BCUT2D eigenvalue weighted by Gasteiger charge is -2.36. The Hall–Kier alpha value is -2.63. The number of piperazine rings is 1. The number of nitrogens with zero attached hydrogens (tertiary/aromatic N) is 2. The van der Waals surface area contributed by atoms with Crippen LogP contribution in [0.25, 0.3) is 0 Å². The van der Waals surface area contributed by atoms with Crippen LogP contribution in [0.5, 0.6) is 0 Å².